The largest absolute Gasteiger partial charge is 0.388 e. The lowest BCUT2D eigenvalue weighted by Gasteiger charge is -2.42. The van der Waals surface area contributed by atoms with Crippen molar-refractivity contribution in [1.29, 1.82) is 0 Å². The first-order valence-electron chi connectivity index (χ1n) is 14.3. The number of carbonyl (C=O) groups excluding carboxylic acids is 1. The Labute approximate surface area is 240 Å². The average Bonchev–Trinajstić information content (AvgIpc) is 3.48. The fourth-order valence-corrected chi connectivity index (χ4v) is 6.97. The lowest BCUT2D eigenvalue weighted by molar-refractivity contribution is -0.0612. The molecule has 0 bridgehead atoms. The Hall–Kier alpha value is -2.95. The number of hydrogen-bond donors (Lipinski definition) is 1. The normalized spacial score (nSPS) is 20.4. The van der Waals surface area contributed by atoms with E-state index in [9.17, 15) is 4.79 Å². The molecule has 0 radical (unpaired) electrons. The molecule has 3 aliphatic rings. The molecule has 0 spiro atoms. The molecule has 212 valence electrons. The van der Waals surface area contributed by atoms with Crippen LogP contribution in [0.4, 0.5) is 11.5 Å². The lowest BCUT2D eigenvalue weighted by atomic mass is 9.76. The molecule has 6 rings (SSSR count). The Kier molecular flexibility index (Phi) is 7.58. The Morgan fingerprint density at radius 3 is 2.75 bits per heavy atom. The zero-order valence-electron chi connectivity index (χ0n) is 23.9. The molecule has 1 amide bonds. The topological polar surface area (TPSA) is 88.4 Å². The van der Waals surface area contributed by atoms with E-state index in [1.807, 2.05) is 23.6 Å². The van der Waals surface area contributed by atoms with Crippen LogP contribution in [0, 0.1) is 5.92 Å². The summed E-state index contributed by atoms with van der Waals surface area (Å²) in [5.41, 5.74) is 4.96. The highest BCUT2D eigenvalue weighted by molar-refractivity contribution is 7.99. The van der Waals surface area contributed by atoms with Gasteiger partial charge in [-0.2, -0.15) is 0 Å². The Morgan fingerprint density at radius 2 is 2.08 bits per heavy atom. The number of piperidine rings is 1. The van der Waals surface area contributed by atoms with Crippen molar-refractivity contribution in [2.24, 2.45) is 13.0 Å². The van der Waals surface area contributed by atoms with Crippen molar-refractivity contribution in [3.63, 3.8) is 0 Å². The third-order valence-electron chi connectivity index (χ3n) is 8.55. The van der Waals surface area contributed by atoms with Crippen LogP contribution in [-0.2, 0) is 36.7 Å². The van der Waals surface area contributed by atoms with Crippen LogP contribution in [-0.4, -0.2) is 69.7 Å². The van der Waals surface area contributed by atoms with Gasteiger partial charge in [0.1, 0.15) is 18.0 Å². The third kappa shape index (κ3) is 5.12. The highest BCUT2D eigenvalue weighted by Crippen LogP contribution is 2.40. The number of rotatable bonds is 9. The summed E-state index contributed by atoms with van der Waals surface area (Å²) in [6.07, 6.45) is 4.99. The molecule has 0 saturated carbocycles. The van der Waals surface area contributed by atoms with Gasteiger partial charge in [0.15, 0.2) is 0 Å². The lowest BCUT2D eigenvalue weighted by Crippen LogP contribution is -2.49. The minimum atomic E-state index is -0.216. The van der Waals surface area contributed by atoms with Crippen molar-refractivity contribution in [3.05, 3.63) is 58.7 Å². The van der Waals surface area contributed by atoms with Crippen molar-refractivity contribution in [2.45, 2.75) is 56.6 Å². The number of aryl methyl sites for hydroxylation is 1. The van der Waals surface area contributed by atoms with Crippen LogP contribution < -0.4 is 10.2 Å². The summed E-state index contributed by atoms with van der Waals surface area (Å²) in [5.74, 6) is 3.26. The van der Waals surface area contributed by atoms with Gasteiger partial charge in [0.25, 0.3) is 5.91 Å². The van der Waals surface area contributed by atoms with Crippen molar-refractivity contribution in [1.82, 2.24) is 24.6 Å². The first-order chi connectivity index (χ1) is 19.4. The van der Waals surface area contributed by atoms with Crippen LogP contribution >= 0.6 is 11.8 Å². The van der Waals surface area contributed by atoms with E-state index in [0.29, 0.717) is 25.6 Å². The van der Waals surface area contributed by atoms with E-state index >= 15 is 0 Å². The highest BCUT2D eigenvalue weighted by Gasteiger charge is 2.43. The van der Waals surface area contributed by atoms with E-state index in [0.717, 1.165) is 71.0 Å². The number of hydrogen-bond acceptors (Lipinski definition) is 8. The molecule has 0 unspecified atom stereocenters. The SMILES string of the molecule is CCSc1cc(C2(Cc3nncn3C)COC2)cc(N2Cc3c(NC)cc(CN4CCC[C@H](C)C4)cc3C2=O)n1. The van der Waals surface area contributed by atoms with E-state index in [1.165, 1.54) is 18.4 Å². The van der Waals surface area contributed by atoms with E-state index in [4.69, 9.17) is 9.72 Å². The summed E-state index contributed by atoms with van der Waals surface area (Å²) in [7, 11) is 3.91. The van der Waals surface area contributed by atoms with E-state index in [-0.39, 0.29) is 11.3 Å². The smallest absolute Gasteiger partial charge is 0.260 e. The van der Waals surface area contributed by atoms with Crippen LogP contribution in [0.5, 0.6) is 0 Å². The zero-order chi connectivity index (χ0) is 27.9. The molecule has 9 nitrogen and oxygen atoms in total. The molecule has 2 saturated heterocycles. The summed E-state index contributed by atoms with van der Waals surface area (Å²) >= 11 is 1.70. The fraction of sp³-hybridized carbons (Fsp3) is 0.533. The predicted molar refractivity (Wildman–Crippen MR) is 158 cm³/mol. The second-order valence-corrected chi connectivity index (χ2v) is 12.9. The number of thioether (sulfide) groups is 1. The number of carbonyl (C=O) groups is 1. The van der Waals surface area contributed by atoms with Gasteiger partial charge in [-0.3, -0.25) is 14.6 Å². The number of amides is 1. The summed E-state index contributed by atoms with van der Waals surface area (Å²) in [5, 5.41) is 12.7. The first kappa shape index (κ1) is 27.2. The molecule has 40 heavy (non-hydrogen) atoms. The van der Waals surface area contributed by atoms with E-state index in [2.05, 4.69) is 58.5 Å². The van der Waals surface area contributed by atoms with Gasteiger partial charge in [-0.1, -0.05) is 13.8 Å². The fourth-order valence-electron chi connectivity index (χ4n) is 6.30. The number of aromatic nitrogens is 4. The van der Waals surface area contributed by atoms with Crippen molar-refractivity contribution < 1.29 is 9.53 Å². The summed E-state index contributed by atoms with van der Waals surface area (Å²) < 4.78 is 7.72. The maximum atomic E-state index is 14.0. The number of ether oxygens (including phenoxy) is 1. The van der Waals surface area contributed by atoms with Gasteiger partial charge >= 0.3 is 0 Å². The molecular formula is C30H39N7O2S. The summed E-state index contributed by atoms with van der Waals surface area (Å²) in [6.45, 7) is 9.27. The zero-order valence-corrected chi connectivity index (χ0v) is 24.8. The van der Waals surface area contributed by atoms with Crippen molar-refractivity contribution in [2.75, 3.05) is 49.3 Å². The van der Waals surface area contributed by atoms with Crippen LogP contribution in [0.15, 0.2) is 35.6 Å². The van der Waals surface area contributed by atoms with Crippen molar-refractivity contribution in [3.8, 4) is 0 Å². The number of benzene rings is 1. The van der Waals surface area contributed by atoms with Gasteiger partial charge in [-0.25, -0.2) is 4.98 Å². The van der Waals surface area contributed by atoms with E-state index in [1.54, 1.807) is 18.1 Å². The average molecular weight is 562 g/mol. The van der Waals surface area contributed by atoms with Gasteiger partial charge in [0, 0.05) is 55.8 Å². The molecule has 2 fully saturated rings. The number of nitrogens with zero attached hydrogens (tertiary/aromatic N) is 6. The second-order valence-electron chi connectivity index (χ2n) is 11.6. The van der Waals surface area contributed by atoms with Crippen LogP contribution in [0.1, 0.15) is 59.6 Å². The second kappa shape index (κ2) is 11.1. The molecule has 2 aromatic heterocycles. The molecule has 10 heteroatoms. The number of anilines is 2. The number of fused-ring (bicyclic) bond motifs is 1. The Bertz CT molecular complexity index is 1400. The minimum absolute atomic E-state index is 0.0182. The van der Waals surface area contributed by atoms with Gasteiger partial charge < -0.3 is 14.6 Å². The van der Waals surface area contributed by atoms with Gasteiger partial charge in [-0.05, 0) is 66.4 Å². The molecule has 1 aromatic carbocycles. The first-order valence-corrected chi connectivity index (χ1v) is 15.3. The molecule has 3 aromatic rings. The van der Waals surface area contributed by atoms with Crippen LogP contribution in [0.25, 0.3) is 0 Å². The molecule has 1 N–H and O–H groups in total. The highest BCUT2D eigenvalue weighted by atomic mass is 32.2. The Balaban J connectivity index is 1.32. The van der Waals surface area contributed by atoms with Gasteiger partial charge in [-0.15, -0.1) is 22.0 Å². The predicted octanol–water partition coefficient (Wildman–Crippen LogP) is 4.27. The Morgan fingerprint density at radius 1 is 1.23 bits per heavy atom. The monoisotopic (exact) mass is 561 g/mol. The molecule has 0 aliphatic carbocycles. The number of nitrogens with one attached hydrogen (secondary N) is 1. The minimum Gasteiger partial charge on any atom is -0.388 e. The van der Waals surface area contributed by atoms with E-state index < -0.39 is 0 Å². The van der Waals surface area contributed by atoms with Crippen LogP contribution in [0.2, 0.25) is 0 Å². The third-order valence-corrected chi connectivity index (χ3v) is 9.34. The summed E-state index contributed by atoms with van der Waals surface area (Å²) in [6, 6.07) is 8.59. The molecular weight excluding hydrogens is 522 g/mol. The summed E-state index contributed by atoms with van der Waals surface area (Å²) in [4.78, 5) is 23.3. The molecule has 5 heterocycles. The van der Waals surface area contributed by atoms with Crippen LogP contribution in [0.3, 0.4) is 0 Å². The standard InChI is InChI=1S/C30H39N7O2S/c1-5-40-28-12-22(30(17-39-18-30)13-27-34-32-19-35(27)4)11-26(33-28)37-16-24-23(29(37)38)9-21(10-25(24)31-3)15-36-8-6-7-20(2)14-36/h9-12,19-20,31H,5-8,13-18H2,1-4H3/t20-/m0/s1. The molecule has 1 atom stereocenters. The maximum Gasteiger partial charge on any atom is 0.260 e. The maximum absolute atomic E-state index is 14.0. The number of pyridine rings is 1. The molecule has 3 aliphatic heterocycles. The van der Waals surface area contributed by atoms with Gasteiger partial charge in [0.2, 0.25) is 0 Å². The van der Waals surface area contributed by atoms with Crippen molar-refractivity contribution >= 4 is 29.2 Å². The van der Waals surface area contributed by atoms with Gasteiger partial charge in [0.05, 0.1) is 24.8 Å². The number of likely N-dealkylation sites (tertiary alicyclic amines) is 1. The quantitative estimate of drug-likeness (QED) is 0.388.